The van der Waals surface area contributed by atoms with E-state index in [0.717, 1.165) is 25.7 Å². The zero-order valence-electron chi connectivity index (χ0n) is 12.3. The molecule has 0 radical (unpaired) electrons. The minimum absolute atomic E-state index is 0.790. The van der Waals surface area contributed by atoms with E-state index in [-0.39, 0.29) is 0 Å². The second kappa shape index (κ2) is 5.91. The lowest BCUT2D eigenvalue weighted by Crippen LogP contribution is -2.29. The number of thiophene rings is 1. The molecule has 1 aromatic heterocycles. The Morgan fingerprint density at radius 2 is 1.90 bits per heavy atom. The second-order valence-electron chi connectivity index (χ2n) is 6.30. The van der Waals surface area contributed by atoms with Gasteiger partial charge in [-0.25, -0.2) is 0 Å². The summed E-state index contributed by atoms with van der Waals surface area (Å²) in [7, 11) is 0. The molecule has 0 bridgehead atoms. The largest absolute Gasteiger partial charge is 0.310 e. The first-order valence-electron chi connectivity index (χ1n) is 7.95. The van der Waals surface area contributed by atoms with Crippen LogP contribution in [0.2, 0.25) is 0 Å². The Morgan fingerprint density at radius 1 is 1.10 bits per heavy atom. The smallest absolute Gasteiger partial charge is 0.0248 e. The molecule has 1 saturated carbocycles. The van der Waals surface area contributed by atoms with Crippen molar-refractivity contribution in [2.24, 2.45) is 0 Å². The van der Waals surface area contributed by atoms with Gasteiger partial charge >= 0.3 is 0 Å². The van der Waals surface area contributed by atoms with Crippen molar-refractivity contribution in [3.63, 3.8) is 0 Å². The van der Waals surface area contributed by atoms with Crippen LogP contribution in [-0.2, 0) is 26.1 Å². The molecular formula is C18H22N2S. The van der Waals surface area contributed by atoms with Gasteiger partial charge in [0.25, 0.3) is 0 Å². The highest BCUT2D eigenvalue weighted by Crippen LogP contribution is 2.25. The molecule has 1 aliphatic heterocycles. The Morgan fingerprint density at radius 3 is 2.71 bits per heavy atom. The maximum absolute atomic E-state index is 3.57. The third-order valence-electron chi connectivity index (χ3n) is 4.49. The average Bonchev–Trinajstić information content (AvgIpc) is 3.23. The predicted molar refractivity (Wildman–Crippen MR) is 88.4 cm³/mol. The fourth-order valence-electron chi connectivity index (χ4n) is 3.01. The third kappa shape index (κ3) is 3.37. The van der Waals surface area contributed by atoms with Crippen molar-refractivity contribution < 1.29 is 0 Å². The van der Waals surface area contributed by atoms with E-state index < -0.39 is 0 Å². The quantitative estimate of drug-likeness (QED) is 0.908. The minimum atomic E-state index is 0.790. The summed E-state index contributed by atoms with van der Waals surface area (Å²) >= 11 is 1.91. The van der Waals surface area contributed by atoms with Crippen LogP contribution in [-0.4, -0.2) is 17.5 Å². The molecule has 3 heteroatoms. The van der Waals surface area contributed by atoms with Crippen molar-refractivity contribution >= 4 is 11.3 Å². The molecule has 2 aromatic rings. The molecule has 0 atom stereocenters. The van der Waals surface area contributed by atoms with Gasteiger partial charge in [-0.05, 0) is 47.4 Å². The standard InChI is InChI=1S/C18H22N2S/c1-3-15(4-2-14(1)11-19-17-5-6-17)12-20-9-7-18-16(13-20)8-10-21-18/h1-4,8,10,17,19H,5-7,9,11-13H2. The molecule has 0 saturated heterocycles. The normalized spacial score (nSPS) is 18.7. The highest BCUT2D eigenvalue weighted by Gasteiger charge is 2.20. The molecule has 0 spiro atoms. The van der Waals surface area contributed by atoms with E-state index in [2.05, 4.69) is 45.9 Å². The Hall–Kier alpha value is -1.16. The van der Waals surface area contributed by atoms with Crippen LogP contribution in [0.25, 0.3) is 0 Å². The summed E-state index contributed by atoms with van der Waals surface area (Å²) < 4.78 is 0. The third-order valence-corrected chi connectivity index (χ3v) is 5.51. The highest BCUT2D eigenvalue weighted by molar-refractivity contribution is 7.10. The Bertz CT molecular complexity index is 598. The number of nitrogens with one attached hydrogen (secondary N) is 1. The molecule has 110 valence electrons. The van der Waals surface area contributed by atoms with Gasteiger partial charge in [0.2, 0.25) is 0 Å². The number of benzene rings is 1. The zero-order valence-corrected chi connectivity index (χ0v) is 13.2. The van der Waals surface area contributed by atoms with E-state index >= 15 is 0 Å². The molecule has 0 amide bonds. The Balaban J connectivity index is 1.34. The van der Waals surface area contributed by atoms with Crippen molar-refractivity contribution in [2.75, 3.05) is 6.54 Å². The SMILES string of the molecule is c1cc2c(s1)CCN(Cc1ccc(CNC3CC3)cc1)C2. The summed E-state index contributed by atoms with van der Waals surface area (Å²) in [5, 5.41) is 5.80. The lowest BCUT2D eigenvalue weighted by Gasteiger charge is -2.26. The summed E-state index contributed by atoms with van der Waals surface area (Å²) in [6, 6.07) is 12.2. The van der Waals surface area contributed by atoms with E-state index in [0.29, 0.717) is 0 Å². The average molecular weight is 298 g/mol. The van der Waals surface area contributed by atoms with Crippen molar-refractivity contribution in [3.8, 4) is 0 Å². The van der Waals surface area contributed by atoms with Gasteiger partial charge in [-0.2, -0.15) is 0 Å². The second-order valence-corrected chi connectivity index (χ2v) is 7.30. The zero-order chi connectivity index (χ0) is 14.1. The molecule has 1 fully saturated rings. The van der Waals surface area contributed by atoms with Crippen molar-refractivity contribution in [1.82, 2.24) is 10.2 Å². The number of hydrogen-bond donors (Lipinski definition) is 1. The van der Waals surface area contributed by atoms with Crippen LogP contribution in [0.4, 0.5) is 0 Å². The maximum Gasteiger partial charge on any atom is 0.0248 e. The number of rotatable bonds is 5. The van der Waals surface area contributed by atoms with Gasteiger partial charge < -0.3 is 5.32 Å². The first kappa shape index (κ1) is 13.5. The van der Waals surface area contributed by atoms with Crippen LogP contribution < -0.4 is 5.32 Å². The molecule has 1 aliphatic carbocycles. The molecule has 1 N–H and O–H groups in total. The molecule has 2 aliphatic rings. The van der Waals surface area contributed by atoms with Gasteiger partial charge in [-0.15, -0.1) is 11.3 Å². The molecule has 2 heterocycles. The first-order valence-corrected chi connectivity index (χ1v) is 8.83. The molecular weight excluding hydrogens is 276 g/mol. The summed E-state index contributed by atoms with van der Waals surface area (Å²) in [4.78, 5) is 4.15. The Kier molecular flexibility index (Phi) is 3.80. The predicted octanol–water partition coefficient (Wildman–Crippen LogP) is 3.56. The van der Waals surface area contributed by atoms with E-state index in [1.807, 2.05) is 11.3 Å². The van der Waals surface area contributed by atoms with Gasteiger partial charge in [0.1, 0.15) is 0 Å². The van der Waals surface area contributed by atoms with Crippen molar-refractivity contribution in [3.05, 3.63) is 57.3 Å². The first-order chi connectivity index (χ1) is 10.4. The van der Waals surface area contributed by atoms with Gasteiger partial charge in [0.05, 0.1) is 0 Å². The van der Waals surface area contributed by atoms with Gasteiger partial charge in [-0.3, -0.25) is 4.90 Å². The molecule has 21 heavy (non-hydrogen) atoms. The molecule has 4 rings (SSSR count). The van der Waals surface area contributed by atoms with Gasteiger partial charge in [0, 0.05) is 37.1 Å². The van der Waals surface area contributed by atoms with Crippen LogP contribution >= 0.6 is 11.3 Å². The maximum atomic E-state index is 3.57. The Labute approximate surface area is 130 Å². The van der Waals surface area contributed by atoms with Gasteiger partial charge in [-0.1, -0.05) is 24.3 Å². The summed E-state index contributed by atoms with van der Waals surface area (Å²) in [6.07, 6.45) is 3.94. The summed E-state index contributed by atoms with van der Waals surface area (Å²) in [5.74, 6) is 0. The molecule has 1 aromatic carbocycles. The topological polar surface area (TPSA) is 15.3 Å². The van der Waals surface area contributed by atoms with Crippen molar-refractivity contribution in [2.45, 2.75) is 44.9 Å². The van der Waals surface area contributed by atoms with E-state index in [4.69, 9.17) is 0 Å². The number of hydrogen-bond acceptors (Lipinski definition) is 3. The van der Waals surface area contributed by atoms with Crippen molar-refractivity contribution in [1.29, 1.82) is 0 Å². The molecule has 0 unspecified atom stereocenters. The van der Waals surface area contributed by atoms with Crippen LogP contribution in [0.15, 0.2) is 35.7 Å². The van der Waals surface area contributed by atoms with Crippen LogP contribution in [0.3, 0.4) is 0 Å². The van der Waals surface area contributed by atoms with E-state index in [9.17, 15) is 0 Å². The fourth-order valence-corrected chi connectivity index (χ4v) is 3.90. The lowest BCUT2D eigenvalue weighted by molar-refractivity contribution is 0.247. The van der Waals surface area contributed by atoms with Gasteiger partial charge in [0.15, 0.2) is 0 Å². The van der Waals surface area contributed by atoms with Crippen LogP contribution in [0.1, 0.15) is 34.4 Å². The van der Waals surface area contributed by atoms with Crippen LogP contribution in [0.5, 0.6) is 0 Å². The fraction of sp³-hybridized carbons (Fsp3) is 0.444. The summed E-state index contributed by atoms with van der Waals surface area (Å²) in [5.41, 5.74) is 4.38. The number of nitrogens with zero attached hydrogens (tertiary/aromatic N) is 1. The number of fused-ring (bicyclic) bond motifs is 1. The lowest BCUT2D eigenvalue weighted by atomic mass is 10.1. The monoisotopic (exact) mass is 298 g/mol. The molecule has 2 nitrogen and oxygen atoms in total. The van der Waals surface area contributed by atoms with Crippen LogP contribution in [0, 0.1) is 0 Å². The minimum Gasteiger partial charge on any atom is -0.310 e. The van der Waals surface area contributed by atoms with E-state index in [1.165, 1.54) is 42.5 Å². The van der Waals surface area contributed by atoms with E-state index in [1.54, 1.807) is 4.88 Å². The summed E-state index contributed by atoms with van der Waals surface area (Å²) in [6.45, 7) is 4.40. The highest BCUT2D eigenvalue weighted by atomic mass is 32.1.